The van der Waals surface area contributed by atoms with Crippen molar-refractivity contribution in [1.29, 1.82) is 5.26 Å². The van der Waals surface area contributed by atoms with Crippen LogP contribution in [-0.4, -0.2) is 46.8 Å². The largest absolute Gasteiger partial charge is 0.444 e. The van der Waals surface area contributed by atoms with Gasteiger partial charge in [0.1, 0.15) is 17.5 Å². The molecule has 2 aromatic carbocycles. The van der Waals surface area contributed by atoms with Gasteiger partial charge in [-0.3, -0.25) is 0 Å². The van der Waals surface area contributed by atoms with Crippen LogP contribution in [-0.2, 0) is 15.9 Å². The number of nitrogens with zero attached hydrogens (tertiary/aromatic N) is 3. The topological polar surface area (TPSA) is 75.5 Å². The fraction of sp³-hybridized carbons (Fsp3) is 0.370. The van der Waals surface area contributed by atoms with E-state index in [1.54, 1.807) is 11.0 Å². The van der Waals surface area contributed by atoms with Gasteiger partial charge in [0.25, 0.3) is 0 Å². The molecule has 0 saturated carbocycles. The Bertz CT molecular complexity index is 1280. The monoisotopic (exact) mass is 493 g/mol. The van der Waals surface area contributed by atoms with Crippen molar-refractivity contribution in [2.45, 2.75) is 45.8 Å². The predicted octanol–water partition coefficient (Wildman–Crippen LogP) is 5.97. The highest BCUT2D eigenvalue weighted by Crippen LogP contribution is 2.39. The van der Waals surface area contributed by atoms with Crippen molar-refractivity contribution < 1.29 is 18.7 Å². The van der Waals surface area contributed by atoms with Gasteiger partial charge < -0.3 is 14.4 Å². The number of carbonyl (C=O) groups excluding carboxylic acids is 1. The number of hydrogen-bond acceptors (Lipinski definition) is 6. The molecule has 1 amide bonds. The number of rotatable bonds is 4. The minimum absolute atomic E-state index is 0.0117. The van der Waals surface area contributed by atoms with E-state index in [-0.39, 0.29) is 17.8 Å². The van der Waals surface area contributed by atoms with Crippen LogP contribution in [0.3, 0.4) is 0 Å². The number of benzene rings is 2. The summed E-state index contributed by atoms with van der Waals surface area (Å²) in [5.41, 5.74) is 3.94. The lowest BCUT2D eigenvalue weighted by molar-refractivity contribution is -0.0414. The van der Waals surface area contributed by atoms with E-state index in [1.807, 2.05) is 58.2 Å². The van der Waals surface area contributed by atoms with Crippen molar-refractivity contribution >= 4 is 17.6 Å². The molecule has 1 fully saturated rings. The summed E-state index contributed by atoms with van der Waals surface area (Å²) < 4.78 is 30.4. The molecule has 0 N–H and O–H groups in total. The van der Waals surface area contributed by atoms with E-state index in [0.29, 0.717) is 31.7 Å². The van der Waals surface area contributed by atoms with Gasteiger partial charge in [0.15, 0.2) is 0 Å². The second-order valence-electron chi connectivity index (χ2n) is 9.57. The van der Waals surface area contributed by atoms with E-state index < -0.39 is 11.4 Å². The Morgan fingerprint density at radius 2 is 2.11 bits per heavy atom. The van der Waals surface area contributed by atoms with Crippen LogP contribution in [0, 0.1) is 24.1 Å². The summed E-state index contributed by atoms with van der Waals surface area (Å²) in [5.74, 6) is -0.551. The quantitative estimate of drug-likeness (QED) is 0.447. The number of aromatic nitrogens is 1. The second-order valence-corrected chi connectivity index (χ2v) is 10.6. The summed E-state index contributed by atoms with van der Waals surface area (Å²) in [4.78, 5) is 15.4. The van der Waals surface area contributed by atoms with Crippen molar-refractivity contribution in [3.8, 4) is 28.3 Å². The molecule has 2 heterocycles. The first-order valence-corrected chi connectivity index (χ1v) is 12.3. The maximum Gasteiger partial charge on any atom is 0.410 e. The van der Waals surface area contributed by atoms with Gasteiger partial charge in [-0.15, -0.1) is 0 Å². The minimum Gasteiger partial charge on any atom is -0.444 e. The van der Waals surface area contributed by atoms with E-state index in [4.69, 9.17) is 14.7 Å². The molecule has 8 heteroatoms. The summed E-state index contributed by atoms with van der Waals surface area (Å²) >= 11 is 1.41. The minimum atomic E-state index is -0.563. The molecule has 4 rings (SSSR count). The molecule has 3 aromatic rings. The van der Waals surface area contributed by atoms with Gasteiger partial charge in [-0.1, -0.05) is 24.3 Å². The SMILES string of the molecule is Cc1sncc1-c1c(CC2CN(C(=O)OC(C)(C)C)CCO2)cccc1-c1ccc(C#N)c(F)c1. The van der Waals surface area contributed by atoms with Crippen LogP contribution in [0.5, 0.6) is 0 Å². The zero-order valence-electron chi connectivity index (χ0n) is 20.3. The Hall–Kier alpha value is -3.28. The van der Waals surface area contributed by atoms with Crippen molar-refractivity contribution in [3.05, 3.63) is 64.4 Å². The van der Waals surface area contributed by atoms with Crippen molar-refractivity contribution in [1.82, 2.24) is 9.27 Å². The van der Waals surface area contributed by atoms with Crippen LogP contribution in [0.2, 0.25) is 0 Å². The van der Waals surface area contributed by atoms with Crippen LogP contribution >= 0.6 is 11.5 Å². The highest BCUT2D eigenvalue weighted by atomic mass is 32.1. The third-order valence-electron chi connectivity index (χ3n) is 5.81. The van der Waals surface area contributed by atoms with Gasteiger partial charge in [0.05, 0.1) is 24.8 Å². The van der Waals surface area contributed by atoms with E-state index in [1.165, 1.54) is 23.7 Å². The highest BCUT2D eigenvalue weighted by Gasteiger charge is 2.29. The van der Waals surface area contributed by atoms with Gasteiger partial charge in [-0.25, -0.2) is 13.6 Å². The molecule has 1 unspecified atom stereocenters. The molecule has 0 aliphatic carbocycles. The number of carbonyl (C=O) groups is 1. The molecule has 1 aromatic heterocycles. The summed E-state index contributed by atoms with van der Waals surface area (Å²) in [5, 5.41) is 9.12. The molecule has 1 saturated heterocycles. The van der Waals surface area contributed by atoms with Crippen LogP contribution in [0.4, 0.5) is 9.18 Å². The van der Waals surface area contributed by atoms with E-state index in [9.17, 15) is 9.18 Å². The Balaban J connectivity index is 1.69. The van der Waals surface area contributed by atoms with Crippen LogP contribution in [0.15, 0.2) is 42.6 Å². The van der Waals surface area contributed by atoms with Crippen molar-refractivity contribution in [2.24, 2.45) is 0 Å². The molecular formula is C27H28FN3O3S. The van der Waals surface area contributed by atoms with Gasteiger partial charge in [0.2, 0.25) is 0 Å². The van der Waals surface area contributed by atoms with E-state index in [0.717, 1.165) is 27.1 Å². The van der Waals surface area contributed by atoms with E-state index in [2.05, 4.69) is 4.37 Å². The van der Waals surface area contributed by atoms with E-state index >= 15 is 0 Å². The third-order valence-corrected chi connectivity index (χ3v) is 6.51. The third kappa shape index (κ3) is 5.69. The lowest BCUT2D eigenvalue weighted by atomic mass is 9.88. The fourth-order valence-electron chi connectivity index (χ4n) is 4.22. The number of aryl methyl sites for hydroxylation is 1. The van der Waals surface area contributed by atoms with Crippen LogP contribution in [0.25, 0.3) is 22.3 Å². The molecule has 1 atom stereocenters. The molecule has 0 radical (unpaired) electrons. The van der Waals surface area contributed by atoms with Gasteiger partial charge in [0, 0.05) is 29.6 Å². The van der Waals surface area contributed by atoms with Gasteiger partial charge >= 0.3 is 6.09 Å². The number of nitriles is 1. The first-order chi connectivity index (χ1) is 16.7. The first-order valence-electron chi connectivity index (χ1n) is 11.5. The fourth-order valence-corrected chi connectivity index (χ4v) is 4.79. The summed E-state index contributed by atoms with van der Waals surface area (Å²) in [6.07, 6.45) is 1.84. The number of hydrogen-bond donors (Lipinski definition) is 0. The maximum atomic E-state index is 14.5. The second kappa shape index (κ2) is 10.1. The molecule has 0 spiro atoms. The Morgan fingerprint density at radius 3 is 2.77 bits per heavy atom. The maximum absolute atomic E-state index is 14.5. The molecule has 1 aliphatic heterocycles. The normalized spacial score (nSPS) is 16.1. The smallest absolute Gasteiger partial charge is 0.410 e. The standard InChI is InChI=1S/C27H28FN3O3S/c1-17-23(15-30-35-17)25-19(6-5-7-22(25)18-8-9-20(14-29)24(28)13-18)12-21-16-31(10-11-33-21)26(32)34-27(2,3)4/h5-9,13,15,21H,10-12,16H2,1-4H3. The molecule has 6 nitrogen and oxygen atoms in total. The van der Waals surface area contributed by atoms with Crippen LogP contribution < -0.4 is 0 Å². The highest BCUT2D eigenvalue weighted by molar-refractivity contribution is 7.06. The first kappa shape index (κ1) is 24.8. The zero-order chi connectivity index (χ0) is 25.2. The Labute approximate surface area is 209 Å². The Kier molecular flexibility index (Phi) is 7.20. The van der Waals surface area contributed by atoms with Crippen molar-refractivity contribution in [2.75, 3.05) is 19.7 Å². The summed E-state index contributed by atoms with van der Waals surface area (Å²) in [6, 6.07) is 12.5. The number of halogens is 1. The lowest BCUT2D eigenvalue weighted by Gasteiger charge is -2.34. The van der Waals surface area contributed by atoms with Crippen LogP contribution in [0.1, 0.15) is 36.8 Å². The van der Waals surface area contributed by atoms with Gasteiger partial charge in [-0.05, 0) is 73.6 Å². The lowest BCUT2D eigenvalue weighted by Crippen LogP contribution is -2.48. The molecule has 0 bridgehead atoms. The summed E-state index contributed by atoms with van der Waals surface area (Å²) in [7, 11) is 0. The Morgan fingerprint density at radius 1 is 1.31 bits per heavy atom. The number of ether oxygens (including phenoxy) is 2. The van der Waals surface area contributed by atoms with Crippen molar-refractivity contribution in [3.63, 3.8) is 0 Å². The average molecular weight is 494 g/mol. The van der Waals surface area contributed by atoms with Gasteiger partial charge in [-0.2, -0.15) is 5.26 Å². The molecule has 1 aliphatic rings. The molecule has 182 valence electrons. The molecular weight excluding hydrogens is 465 g/mol. The zero-order valence-corrected chi connectivity index (χ0v) is 21.1. The summed E-state index contributed by atoms with van der Waals surface area (Å²) in [6.45, 7) is 8.89. The number of amides is 1. The molecule has 35 heavy (non-hydrogen) atoms. The average Bonchev–Trinajstić information content (AvgIpc) is 3.23. The number of morpholine rings is 1. The predicted molar refractivity (Wildman–Crippen MR) is 134 cm³/mol.